The number of benzene rings is 1. The summed E-state index contributed by atoms with van der Waals surface area (Å²) < 4.78 is 13.1. The normalized spacial score (nSPS) is 17.8. The molecule has 1 saturated heterocycles. The molecule has 0 aliphatic carbocycles. The molecule has 1 aliphatic heterocycles. The van der Waals surface area contributed by atoms with Crippen molar-refractivity contribution in [2.24, 2.45) is 5.92 Å². The van der Waals surface area contributed by atoms with E-state index in [1.807, 2.05) is 13.0 Å². The van der Waals surface area contributed by atoms with Crippen LogP contribution in [-0.4, -0.2) is 35.0 Å². The van der Waals surface area contributed by atoms with E-state index in [-0.39, 0.29) is 18.3 Å². The van der Waals surface area contributed by atoms with Crippen LogP contribution in [0, 0.1) is 18.7 Å². The fraction of sp³-hybridized carbons (Fsp3) is 0.333. The Morgan fingerprint density at radius 1 is 1.29 bits per heavy atom. The predicted molar refractivity (Wildman–Crippen MR) is 90.7 cm³/mol. The second-order valence-electron chi connectivity index (χ2n) is 6.02. The number of carbonyl (C=O) groups excluding carboxylic acids is 1. The maximum atomic E-state index is 13.1. The highest BCUT2D eigenvalue weighted by Crippen LogP contribution is 2.32. The summed E-state index contributed by atoms with van der Waals surface area (Å²) in [6.07, 6.45) is 1.32. The summed E-state index contributed by atoms with van der Waals surface area (Å²) >= 11 is 1.39. The van der Waals surface area contributed by atoms with Crippen LogP contribution in [0.1, 0.15) is 27.4 Å². The number of amides is 1. The lowest BCUT2D eigenvalue weighted by Crippen LogP contribution is -2.42. The van der Waals surface area contributed by atoms with Gasteiger partial charge in [-0.1, -0.05) is 12.1 Å². The average Bonchev–Trinajstić information content (AvgIpc) is 2.97. The maximum Gasteiger partial charge on any atom is 0.308 e. The zero-order chi connectivity index (χ0) is 17.3. The lowest BCUT2D eigenvalue weighted by molar-refractivity contribution is -0.143. The molecular weight excluding hydrogens is 329 g/mol. The first-order valence-electron chi connectivity index (χ1n) is 7.84. The molecule has 1 aromatic heterocycles. The van der Waals surface area contributed by atoms with Gasteiger partial charge >= 0.3 is 5.97 Å². The fourth-order valence-corrected chi connectivity index (χ4v) is 4.03. The molecule has 1 amide bonds. The minimum atomic E-state index is -0.845. The van der Waals surface area contributed by atoms with Gasteiger partial charge in [0.15, 0.2) is 0 Å². The number of hydrogen-bond donors (Lipinski definition) is 1. The molecule has 1 fully saturated rings. The van der Waals surface area contributed by atoms with Crippen LogP contribution in [-0.2, 0) is 4.79 Å². The maximum absolute atomic E-state index is 13.1. The topological polar surface area (TPSA) is 57.6 Å². The summed E-state index contributed by atoms with van der Waals surface area (Å²) in [4.78, 5) is 27.1. The van der Waals surface area contributed by atoms with Crippen molar-refractivity contribution in [3.8, 4) is 11.1 Å². The Bertz CT molecular complexity index is 769. The number of carboxylic acid groups (broad SMARTS) is 1. The summed E-state index contributed by atoms with van der Waals surface area (Å²) in [5.41, 5.74) is 1.78. The molecule has 3 rings (SSSR count). The largest absolute Gasteiger partial charge is 0.481 e. The van der Waals surface area contributed by atoms with E-state index in [4.69, 9.17) is 5.11 Å². The van der Waals surface area contributed by atoms with Gasteiger partial charge in [-0.05, 0) is 49.1 Å². The SMILES string of the molecule is Cc1sc(C(=O)N2CCCC(C(=O)O)C2)cc1-c1ccc(F)cc1. The summed E-state index contributed by atoms with van der Waals surface area (Å²) in [6, 6.07) is 8.01. The molecule has 1 atom stereocenters. The molecule has 0 spiro atoms. The third-order valence-electron chi connectivity index (χ3n) is 4.34. The van der Waals surface area contributed by atoms with E-state index in [9.17, 15) is 14.0 Å². The molecular formula is C18H18FNO3S. The Kier molecular flexibility index (Phi) is 4.66. The van der Waals surface area contributed by atoms with Gasteiger partial charge in [-0.2, -0.15) is 0 Å². The summed E-state index contributed by atoms with van der Waals surface area (Å²) in [6.45, 7) is 2.78. The Morgan fingerprint density at radius 2 is 2.00 bits per heavy atom. The minimum absolute atomic E-state index is 0.123. The third kappa shape index (κ3) is 3.33. The number of nitrogens with zero attached hydrogens (tertiary/aromatic N) is 1. The first-order chi connectivity index (χ1) is 11.5. The summed E-state index contributed by atoms with van der Waals surface area (Å²) in [5.74, 6) is -1.75. The average molecular weight is 347 g/mol. The van der Waals surface area contributed by atoms with Crippen molar-refractivity contribution >= 4 is 23.2 Å². The number of piperidine rings is 1. The summed E-state index contributed by atoms with van der Waals surface area (Å²) in [7, 11) is 0. The van der Waals surface area contributed by atoms with Gasteiger partial charge in [-0.15, -0.1) is 11.3 Å². The van der Waals surface area contributed by atoms with Crippen molar-refractivity contribution in [3.63, 3.8) is 0 Å². The van der Waals surface area contributed by atoms with Gasteiger partial charge in [-0.3, -0.25) is 9.59 Å². The predicted octanol–water partition coefficient (Wildman–Crippen LogP) is 3.80. The molecule has 2 heterocycles. The molecule has 0 bridgehead atoms. The van der Waals surface area contributed by atoms with Crippen LogP contribution in [0.5, 0.6) is 0 Å². The van der Waals surface area contributed by atoms with Gasteiger partial charge in [0.05, 0.1) is 10.8 Å². The number of halogens is 1. The number of aryl methyl sites for hydroxylation is 1. The fourth-order valence-electron chi connectivity index (χ4n) is 3.02. The number of thiophene rings is 1. The lowest BCUT2D eigenvalue weighted by atomic mass is 9.98. The van der Waals surface area contributed by atoms with Gasteiger partial charge in [0.2, 0.25) is 0 Å². The van der Waals surface area contributed by atoms with E-state index in [2.05, 4.69) is 0 Å². The van der Waals surface area contributed by atoms with Crippen LogP contribution < -0.4 is 0 Å². The van der Waals surface area contributed by atoms with Crippen LogP contribution in [0.15, 0.2) is 30.3 Å². The van der Waals surface area contributed by atoms with Gasteiger partial charge in [-0.25, -0.2) is 4.39 Å². The van der Waals surface area contributed by atoms with E-state index in [0.717, 1.165) is 16.0 Å². The monoisotopic (exact) mass is 347 g/mol. The van der Waals surface area contributed by atoms with E-state index >= 15 is 0 Å². The molecule has 0 saturated carbocycles. The molecule has 126 valence electrons. The Hall–Kier alpha value is -2.21. The van der Waals surface area contributed by atoms with Crippen molar-refractivity contribution in [2.75, 3.05) is 13.1 Å². The van der Waals surface area contributed by atoms with Gasteiger partial charge in [0.1, 0.15) is 5.82 Å². The standard InChI is InChI=1S/C18H18FNO3S/c1-11-15(12-4-6-14(19)7-5-12)9-16(24-11)17(21)20-8-2-3-13(10-20)18(22)23/h4-7,9,13H,2-3,8,10H2,1H3,(H,22,23). The number of likely N-dealkylation sites (tertiary alicyclic amines) is 1. The smallest absolute Gasteiger partial charge is 0.308 e. The Labute approximate surface area is 143 Å². The van der Waals surface area contributed by atoms with Crippen LogP contribution in [0.2, 0.25) is 0 Å². The van der Waals surface area contributed by atoms with Crippen molar-refractivity contribution in [1.29, 1.82) is 0 Å². The Balaban J connectivity index is 1.82. The van der Waals surface area contributed by atoms with Crippen LogP contribution in [0.3, 0.4) is 0 Å². The first kappa shape index (κ1) is 16.6. The van der Waals surface area contributed by atoms with Crippen molar-refractivity contribution in [1.82, 2.24) is 4.90 Å². The van der Waals surface area contributed by atoms with Gasteiger partial charge in [0, 0.05) is 18.0 Å². The molecule has 1 aliphatic rings. The van der Waals surface area contributed by atoms with Crippen molar-refractivity contribution < 1.29 is 19.1 Å². The van der Waals surface area contributed by atoms with Crippen LogP contribution >= 0.6 is 11.3 Å². The van der Waals surface area contributed by atoms with E-state index in [1.165, 1.54) is 23.5 Å². The number of hydrogen-bond acceptors (Lipinski definition) is 3. The second kappa shape index (κ2) is 6.73. The number of aliphatic carboxylic acids is 1. The second-order valence-corrected chi connectivity index (χ2v) is 7.27. The van der Waals surface area contributed by atoms with E-state index < -0.39 is 11.9 Å². The number of carboxylic acids is 1. The highest BCUT2D eigenvalue weighted by atomic mass is 32.1. The highest BCUT2D eigenvalue weighted by molar-refractivity contribution is 7.14. The molecule has 2 aromatic rings. The zero-order valence-corrected chi connectivity index (χ0v) is 14.1. The molecule has 24 heavy (non-hydrogen) atoms. The summed E-state index contributed by atoms with van der Waals surface area (Å²) in [5, 5.41) is 9.16. The van der Waals surface area contributed by atoms with Crippen LogP contribution in [0.25, 0.3) is 11.1 Å². The van der Waals surface area contributed by atoms with Crippen LogP contribution in [0.4, 0.5) is 4.39 Å². The number of carbonyl (C=O) groups is 2. The molecule has 1 unspecified atom stereocenters. The van der Waals surface area contributed by atoms with Gasteiger partial charge < -0.3 is 10.0 Å². The molecule has 4 nitrogen and oxygen atoms in total. The van der Waals surface area contributed by atoms with E-state index in [0.29, 0.717) is 24.3 Å². The minimum Gasteiger partial charge on any atom is -0.481 e. The van der Waals surface area contributed by atoms with Crippen molar-refractivity contribution in [3.05, 3.63) is 45.9 Å². The third-order valence-corrected chi connectivity index (χ3v) is 5.38. The lowest BCUT2D eigenvalue weighted by Gasteiger charge is -2.30. The Morgan fingerprint density at radius 3 is 2.67 bits per heavy atom. The zero-order valence-electron chi connectivity index (χ0n) is 13.3. The molecule has 6 heteroatoms. The quantitative estimate of drug-likeness (QED) is 0.919. The number of rotatable bonds is 3. The molecule has 1 aromatic carbocycles. The highest BCUT2D eigenvalue weighted by Gasteiger charge is 2.29. The first-order valence-corrected chi connectivity index (χ1v) is 8.66. The van der Waals surface area contributed by atoms with Crippen molar-refractivity contribution in [2.45, 2.75) is 19.8 Å². The van der Waals surface area contributed by atoms with Gasteiger partial charge in [0.25, 0.3) is 5.91 Å². The molecule has 0 radical (unpaired) electrons. The molecule has 1 N–H and O–H groups in total. The van der Waals surface area contributed by atoms with E-state index in [1.54, 1.807) is 17.0 Å².